The molecule has 0 atom stereocenters. The fourth-order valence-electron chi connectivity index (χ4n) is 2.58. The van der Waals surface area contributed by atoms with Crippen molar-refractivity contribution in [3.05, 3.63) is 59.9 Å². The molecule has 7 heteroatoms. The van der Waals surface area contributed by atoms with Gasteiger partial charge in [0.2, 0.25) is 5.91 Å². The van der Waals surface area contributed by atoms with Gasteiger partial charge in [-0.25, -0.2) is 0 Å². The number of ether oxygens (including phenoxy) is 1. The fourth-order valence-corrected chi connectivity index (χ4v) is 3.33. The molecule has 6 nitrogen and oxygen atoms in total. The van der Waals surface area contributed by atoms with E-state index in [1.165, 1.54) is 12.5 Å². The van der Waals surface area contributed by atoms with Crippen molar-refractivity contribution >= 4 is 23.4 Å². The molecule has 0 spiro atoms. The summed E-state index contributed by atoms with van der Waals surface area (Å²) < 4.78 is 7.80. The van der Waals surface area contributed by atoms with Crippen LogP contribution in [0.25, 0.3) is 5.69 Å². The van der Waals surface area contributed by atoms with Crippen LogP contribution in [0.5, 0.6) is 5.75 Å². The van der Waals surface area contributed by atoms with Gasteiger partial charge in [-0.2, -0.15) is 0 Å². The second-order valence-electron chi connectivity index (χ2n) is 6.18. The molecule has 0 saturated carbocycles. The Balaban J connectivity index is 1.62. The Kier molecular flexibility index (Phi) is 6.13. The number of hydrogen-bond donors (Lipinski definition) is 1. The standard InChI is InChI=1S/C20H22N4O2S/c1-14-7-8-15(2)19(11-14)26-9-10-27-20-23-21-13-24(20)18-6-4-5-17(12-18)22-16(3)25/h4-8,11-13H,9-10H2,1-3H3,(H,22,25). The summed E-state index contributed by atoms with van der Waals surface area (Å²) >= 11 is 1.57. The molecule has 140 valence electrons. The van der Waals surface area contributed by atoms with Gasteiger partial charge in [-0.15, -0.1) is 10.2 Å². The minimum atomic E-state index is -0.103. The van der Waals surface area contributed by atoms with E-state index in [0.717, 1.165) is 33.6 Å². The molecule has 3 aromatic rings. The molecule has 0 bridgehead atoms. The Bertz CT molecular complexity index is 939. The van der Waals surface area contributed by atoms with Gasteiger partial charge >= 0.3 is 0 Å². The summed E-state index contributed by atoms with van der Waals surface area (Å²) in [6.07, 6.45) is 1.67. The largest absolute Gasteiger partial charge is 0.492 e. The zero-order chi connectivity index (χ0) is 19.2. The molecular weight excluding hydrogens is 360 g/mol. The number of anilines is 1. The third kappa shape index (κ3) is 5.10. The topological polar surface area (TPSA) is 69.0 Å². The third-order valence-corrected chi connectivity index (χ3v) is 4.78. The molecule has 0 fully saturated rings. The van der Waals surface area contributed by atoms with E-state index in [-0.39, 0.29) is 5.91 Å². The Hall–Kier alpha value is -2.80. The molecule has 0 aliphatic carbocycles. The van der Waals surface area contributed by atoms with E-state index >= 15 is 0 Å². The van der Waals surface area contributed by atoms with Crippen LogP contribution in [-0.4, -0.2) is 33.0 Å². The number of rotatable bonds is 7. The Labute approximate surface area is 163 Å². The maximum Gasteiger partial charge on any atom is 0.221 e. The van der Waals surface area contributed by atoms with E-state index in [1.54, 1.807) is 18.1 Å². The second kappa shape index (κ2) is 8.73. The maximum absolute atomic E-state index is 11.3. The van der Waals surface area contributed by atoms with Crippen molar-refractivity contribution in [2.24, 2.45) is 0 Å². The molecule has 0 unspecified atom stereocenters. The zero-order valence-electron chi connectivity index (χ0n) is 15.6. The van der Waals surface area contributed by atoms with Crippen molar-refractivity contribution in [2.75, 3.05) is 17.7 Å². The van der Waals surface area contributed by atoms with Crippen molar-refractivity contribution in [3.63, 3.8) is 0 Å². The minimum Gasteiger partial charge on any atom is -0.492 e. The summed E-state index contributed by atoms with van der Waals surface area (Å²) in [5.74, 6) is 1.56. The predicted octanol–water partition coefficient (Wildman–Crippen LogP) is 4.01. The summed E-state index contributed by atoms with van der Waals surface area (Å²) in [6, 6.07) is 13.8. The van der Waals surface area contributed by atoms with Gasteiger partial charge in [0, 0.05) is 18.4 Å². The van der Waals surface area contributed by atoms with Gasteiger partial charge in [-0.3, -0.25) is 9.36 Å². The van der Waals surface area contributed by atoms with E-state index in [0.29, 0.717) is 6.61 Å². The summed E-state index contributed by atoms with van der Waals surface area (Å²) in [6.45, 7) is 6.16. The fraction of sp³-hybridized carbons (Fsp3) is 0.250. The Morgan fingerprint density at radius 2 is 2.07 bits per heavy atom. The normalized spacial score (nSPS) is 10.6. The number of nitrogens with zero attached hydrogens (tertiary/aromatic N) is 3. The first-order chi connectivity index (χ1) is 13.0. The molecule has 1 aromatic heterocycles. The van der Waals surface area contributed by atoms with Gasteiger partial charge in [0.25, 0.3) is 0 Å². The van der Waals surface area contributed by atoms with E-state index in [9.17, 15) is 4.79 Å². The Morgan fingerprint density at radius 3 is 2.89 bits per heavy atom. The average Bonchev–Trinajstić information content (AvgIpc) is 3.10. The lowest BCUT2D eigenvalue weighted by Crippen LogP contribution is -2.06. The number of aromatic nitrogens is 3. The maximum atomic E-state index is 11.3. The first-order valence-corrected chi connectivity index (χ1v) is 9.62. The van der Waals surface area contributed by atoms with Crippen molar-refractivity contribution < 1.29 is 9.53 Å². The summed E-state index contributed by atoms with van der Waals surface area (Å²) in [7, 11) is 0. The van der Waals surface area contributed by atoms with Crippen LogP contribution in [-0.2, 0) is 4.79 Å². The highest BCUT2D eigenvalue weighted by Crippen LogP contribution is 2.23. The summed E-state index contributed by atoms with van der Waals surface area (Å²) in [4.78, 5) is 11.3. The molecule has 1 N–H and O–H groups in total. The highest BCUT2D eigenvalue weighted by molar-refractivity contribution is 7.99. The second-order valence-corrected chi connectivity index (χ2v) is 7.24. The van der Waals surface area contributed by atoms with Gasteiger partial charge in [-0.1, -0.05) is 30.0 Å². The number of carbonyl (C=O) groups is 1. The molecular formula is C20H22N4O2S. The molecule has 2 aromatic carbocycles. The van der Waals surface area contributed by atoms with Gasteiger partial charge in [0.05, 0.1) is 12.3 Å². The highest BCUT2D eigenvalue weighted by Gasteiger charge is 2.09. The number of benzene rings is 2. The van der Waals surface area contributed by atoms with Crippen LogP contribution < -0.4 is 10.1 Å². The van der Waals surface area contributed by atoms with Crippen LogP contribution in [0, 0.1) is 13.8 Å². The molecule has 0 radical (unpaired) electrons. The lowest BCUT2D eigenvalue weighted by molar-refractivity contribution is -0.114. The molecule has 0 aliphatic rings. The number of carbonyl (C=O) groups excluding carboxylic acids is 1. The lowest BCUT2D eigenvalue weighted by atomic mass is 10.1. The Morgan fingerprint density at radius 1 is 1.22 bits per heavy atom. The summed E-state index contributed by atoms with van der Waals surface area (Å²) in [5, 5.41) is 11.8. The quantitative estimate of drug-likeness (QED) is 0.494. The lowest BCUT2D eigenvalue weighted by Gasteiger charge is -2.11. The monoisotopic (exact) mass is 382 g/mol. The SMILES string of the molecule is CC(=O)Nc1cccc(-n2cnnc2SCCOc2cc(C)ccc2C)c1. The molecule has 0 aliphatic heterocycles. The molecule has 1 amide bonds. The van der Waals surface area contributed by atoms with Crippen molar-refractivity contribution in [1.82, 2.24) is 14.8 Å². The smallest absolute Gasteiger partial charge is 0.221 e. The van der Waals surface area contributed by atoms with Crippen LogP contribution in [0.3, 0.4) is 0 Å². The van der Waals surface area contributed by atoms with E-state index in [2.05, 4.69) is 40.6 Å². The average molecular weight is 382 g/mol. The van der Waals surface area contributed by atoms with Crippen LogP contribution in [0.4, 0.5) is 5.69 Å². The molecule has 3 rings (SSSR count). The first kappa shape index (κ1) is 19.0. The van der Waals surface area contributed by atoms with E-state index < -0.39 is 0 Å². The summed E-state index contributed by atoms with van der Waals surface area (Å²) in [5.41, 5.74) is 3.94. The van der Waals surface area contributed by atoms with Gasteiger partial charge in [0.15, 0.2) is 5.16 Å². The zero-order valence-corrected chi connectivity index (χ0v) is 16.4. The first-order valence-electron chi connectivity index (χ1n) is 8.64. The van der Waals surface area contributed by atoms with E-state index in [1.807, 2.05) is 35.8 Å². The molecule has 0 saturated heterocycles. The van der Waals surface area contributed by atoms with Gasteiger partial charge in [0.1, 0.15) is 12.1 Å². The van der Waals surface area contributed by atoms with Gasteiger partial charge in [-0.05, 0) is 49.2 Å². The molecule has 27 heavy (non-hydrogen) atoms. The van der Waals surface area contributed by atoms with Crippen LogP contribution in [0.1, 0.15) is 18.1 Å². The van der Waals surface area contributed by atoms with Crippen molar-refractivity contribution in [1.29, 1.82) is 0 Å². The van der Waals surface area contributed by atoms with E-state index in [4.69, 9.17) is 4.74 Å². The predicted molar refractivity (Wildman–Crippen MR) is 108 cm³/mol. The number of nitrogens with one attached hydrogen (secondary N) is 1. The van der Waals surface area contributed by atoms with Gasteiger partial charge < -0.3 is 10.1 Å². The number of aryl methyl sites for hydroxylation is 2. The van der Waals surface area contributed by atoms with Crippen LogP contribution in [0.15, 0.2) is 53.9 Å². The highest BCUT2D eigenvalue weighted by atomic mass is 32.2. The number of hydrogen-bond acceptors (Lipinski definition) is 5. The van der Waals surface area contributed by atoms with Crippen molar-refractivity contribution in [2.45, 2.75) is 25.9 Å². The number of amides is 1. The van der Waals surface area contributed by atoms with Crippen LogP contribution >= 0.6 is 11.8 Å². The third-order valence-electron chi connectivity index (χ3n) is 3.88. The molecule has 1 heterocycles. The van der Waals surface area contributed by atoms with Crippen LogP contribution in [0.2, 0.25) is 0 Å². The number of thioether (sulfide) groups is 1. The van der Waals surface area contributed by atoms with Crippen molar-refractivity contribution in [3.8, 4) is 11.4 Å². The minimum absolute atomic E-state index is 0.103.